The third kappa shape index (κ3) is 3.88. The Morgan fingerprint density at radius 3 is 2.57 bits per heavy atom. The van der Waals surface area contributed by atoms with E-state index >= 15 is 0 Å². The number of aromatic nitrogens is 2. The molecule has 0 spiro atoms. The van der Waals surface area contributed by atoms with Crippen molar-refractivity contribution in [1.82, 2.24) is 9.78 Å². The van der Waals surface area contributed by atoms with Crippen LogP contribution >= 0.6 is 0 Å². The Kier molecular flexibility index (Phi) is 5.13. The Morgan fingerprint density at radius 1 is 1.29 bits per heavy atom. The number of nitrogens with zero attached hydrogens (tertiary/aromatic N) is 2. The molecule has 1 fully saturated rings. The highest BCUT2D eigenvalue weighted by molar-refractivity contribution is 5.12. The normalized spacial score (nSPS) is 27.0. The highest BCUT2D eigenvalue weighted by Crippen LogP contribution is 2.41. The lowest BCUT2D eigenvalue weighted by molar-refractivity contribution is 0.0188. The molecule has 3 unspecified atom stereocenters. The molecule has 1 N–H and O–H groups in total. The molecule has 1 aromatic rings. The Balaban J connectivity index is 2.11. The minimum atomic E-state index is -0.145. The summed E-state index contributed by atoms with van der Waals surface area (Å²) in [5.74, 6) is 1.10. The van der Waals surface area contributed by atoms with Crippen molar-refractivity contribution < 1.29 is 5.11 Å². The predicted molar refractivity (Wildman–Crippen MR) is 87.3 cm³/mol. The first kappa shape index (κ1) is 16.5. The van der Waals surface area contributed by atoms with Gasteiger partial charge in [0.15, 0.2) is 0 Å². The van der Waals surface area contributed by atoms with Crippen LogP contribution in [0.1, 0.15) is 65.3 Å². The average molecular weight is 292 g/mol. The minimum absolute atomic E-state index is 0.145. The molecular formula is C18H32N2O. The van der Waals surface area contributed by atoms with Gasteiger partial charge in [0.1, 0.15) is 0 Å². The van der Waals surface area contributed by atoms with E-state index in [9.17, 15) is 5.11 Å². The monoisotopic (exact) mass is 292 g/mol. The van der Waals surface area contributed by atoms with Gasteiger partial charge in [-0.15, -0.1) is 0 Å². The van der Waals surface area contributed by atoms with Crippen molar-refractivity contribution in [2.24, 2.45) is 17.3 Å². The number of hydrogen-bond acceptors (Lipinski definition) is 2. The molecule has 1 aliphatic carbocycles. The first-order valence-corrected chi connectivity index (χ1v) is 8.58. The average Bonchev–Trinajstić information content (AvgIpc) is 2.82. The molecule has 0 aromatic carbocycles. The van der Waals surface area contributed by atoms with Crippen molar-refractivity contribution in [1.29, 1.82) is 0 Å². The number of hydrogen-bond donors (Lipinski definition) is 1. The summed E-state index contributed by atoms with van der Waals surface area (Å²) in [6.07, 6.45) is 5.06. The maximum absolute atomic E-state index is 10.4. The van der Waals surface area contributed by atoms with Crippen LogP contribution in [0.3, 0.4) is 0 Å². The van der Waals surface area contributed by atoms with Gasteiger partial charge in [0, 0.05) is 12.2 Å². The van der Waals surface area contributed by atoms with Crippen molar-refractivity contribution >= 4 is 0 Å². The van der Waals surface area contributed by atoms with E-state index in [2.05, 4.69) is 50.5 Å². The molecule has 3 atom stereocenters. The summed E-state index contributed by atoms with van der Waals surface area (Å²) >= 11 is 0. The molecule has 3 nitrogen and oxygen atoms in total. The molecule has 120 valence electrons. The van der Waals surface area contributed by atoms with Gasteiger partial charge in [0.05, 0.1) is 11.8 Å². The molecule has 21 heavy (non-hydrogen) atoms. The Labute approximate surface area is 129 Å². The van der Waals surface area contributed by atoms with Gasteiger partial charge in [-0.2, -0.15) is 5.10 Å². The molecule has 1 heterocycles. The topological polar surface area (TPSA) is 38.0 Å². The predicted octanol–water partition coefficient (Wildman–Crippen LogP) is 3.83. The van der Waals surface area contributed by atoms with Gasteiger partial charge in [0.2, 0.25) is 0 Å². The maximum Gasteiger partial charge on any atom is 0.0624 e. The first-order chi connectivity index (χ1) is 9.85. The molecule has 1 saturated carbocycles. The highest BCUT2D eigenvalue weighted by atomic mass is 16.3. The van der Waals surface area contributed by atoms with Crippen LogP contribution in [0.15, 0.2) is 6.07 Å². The standard InChI is InChI=1S/C18H32N2O/c1-6-15-12-16(20(7-2)19-15)11-13-10-14(18(3,4)5)8-9-17(13)21/h12-14,17,21H,6-11H2,1-5H3. The summed E-state index contributed by atoms with van der Waals surface area (Å²) in [6, 6.07) is 2.23. The number of rotatable bonds is 4. The summed E-state index contributed by atoms with van der Waals surface area (Å²) in [5, 5.41) is 15.1. The Morgan fingerprint density at radius 2 is 2.00 bits per heavy atom. The molecule has 0 saturated heterocycles. The van der Waals surface area contributed by atoms with Crippen molar-refractivity contribution in [2.45, 2.75) is 79.4 Å². The smallest absolute Gasteiger partial charge is 0.0624 e. The fourth-order valence-electron chi connectivity index (χ4n) is 3.65. The minimum Gasteiger partial charge on any atom is -0.393 e. The van der Waals surface area contributed by atoms with Crippen molar-refractivity contribution in [2.75, 3.05) is 0 Å². The molecular weight excluding hydrogens is 260 g/mol. The summed E-state index contributed by atoms with van der Waals surface area (Å²) in [7, 11) is 0. The molecule has 0 amide bonds. The largest absolute Gasteiger partial charge is 0.393 e. The highest BCUT2D eigenvalue weighted by Gasteiger charge is 2.35. The van der Waals surface area contributed by atoms with Crippen LogP contribution in [0.5, 0.6) is 0 Å². The van der Waals surface area contributed by atoms with E-state index in [1.807, 2.05) is 0 Å². The van der Waals surface area contributed by atoms with E-state index in [4.69, 9.17) is 0 Å². The third-order valence-electron chi connectivity index (χ3n) is 5.21. The van der Waals surface area contributed by atoms with Crippen LogP contribution in [0.2, 0.25) is 0 Å². The van der Waals surface area contributed by atoms with E-state index in [0.717, 1.165) is 44.6 Å². The zero-order valence-corrected chi connectivity index (χ0v) is 14.4. The van der Waals surface area contributed by atoms with Gasteiger partial charge in [-0.05, 0) is 62.3 Å². The zero-order chi connectivity index (χ0) is 15.6. The lowest BCUT2D eigenvalue weighted by atomic mass is 9.67. The van der Waals surface area contributed by atoms with Crippen LogP contribution in [-0.2, 0) is 19.4 Å². The first-order valence-electron chi connectivity index (χ1n) is 8.58. The Hall–Kier alpha value is -0.830. The molecule has 3 heteroatoms. The summed E-state index contributed by atoms with van der Waals surface area (Å²) < 4.78 is 2.12. The van der Waals surface area contributed by atoms with E-state index in [1.54, 1.807) is 0 Å². The van der Waals surface area contributed by atoms with Gasteiger partial charge in [-0.25, -0.2) is 0 Å². The van der Waals surface area contributed by atoms with Crippen LogP contribution in [0.4, 0.5) is 0 Å². The SMILES string of the molecule is CCc1cc(CC2CC(C(C)(C)C)CCC2O)n(CC)n1. The van der Waals surface area contributed by atoms with Gasteiger partial charge >= 0.3 is 0 Å². The second kappa shape index (κ2) is 6.51. The van der Waals surface area contributed by atoms with Crippen LogP contribution in [0, 0.1) is 17.3 Å². The molecule has 1 aliphatic rings. The van der Waals surface area contributed by atoms with Gasteiger partial charge in [-0.1, -0.05) is 27.7 Å². The summed E-state index contributed by atoms with van der Waals surface area (Å²) in [4.78, 5) is 0. The Bertz CT molecular complexity index is 458. The third-order valence-corrected chi connectivity index (χ3v) is 5.21. The van der Waals surface area contributed by atoms with Crippen LogP contribution in [-0.4, -0.2) is 21.0 Å². The van der Waals surface area contributed by atoms with Gasteiger partial charge in [0.25, 0.3) is 0 Å². The maximum atomic E-state index is 10.4. The number of aryl methyl sites for hydroxylation is 2. The van der Waals surface area contributed by atoms with Crippen molar-refractivity contribution in [3.63, 3.8) is 0 Å². The second-order valence-corrected chi connectivity index (χ2v) is 7.70. The van der Waals surface area contributed by atoms with Crippen LogP contribution < -0.4 is 0 Å². The molecule has 1 aromatic heterocycles. The van der Waals surface area contributed by atoms with E-state index < -0.39 is 0 Å². The second-order valence-electron chi connectivity index (χ2n) is 7.70. The fraction of sp³-hybridized carbons (Fsp3) is 0.833. The van der Waals surface area contributed by atoms with E-state index in [-0.39, 0.29) is 6.10 Å². The lowest BCUT2D eigenvalue weighted by Crippen LogP contribution is -2.36. The number of aliphatic hydroxyl groups is 1. The zero-order valence-electron chi connectivity index (χ0n) is 14.4. The summed E-state index contributed by atoms with van der Waals surface area (Å²) in [5.41, 5.74) is 2.82. The molecule has 0 radical (unpaired) electrons. The van der Waals surface area contributed by atoms with E-state index in [1.165, 1.54) is 11.4 Å². The van der Waals surface area contributed by atoms with E-state index in [0.29, 0.717) is 11.3 Å². The van der Waals surface area contributed by atoms with Crippen molar-refractivity contribution in [3.8, 4) is 0 Å². The van der Waals surface area contributed by atoms with Gasteiger partial charge in [-0.3, -0.25) is 4.68 Å². The lowest BCUT2D eigenvalue weighted by Gasteiger charge is -2.40. The van der Waals surface area contributed by atoms with Crippen LogP contribution in [0.25, 0.3) is 0 Å². The quantitative estimate of drug-likeness (QED) is 0.916. The number of aliphatic hydroxyl groups excluding tert-OH is 1. The fourth-order valence-corrected chi connectivity index (χ4v) is 3.65. The molecule has 0 bridgehead atoms. The molecule has 0 aliphatic heterocycles. The molecule has 2 rings (SSSR count). The van der Waals surface area contributed by atoms with Crippen molar-refractivity contribution in [3.05, 3.63) is 17.5 Å². The van der Waals surface area contributed by atoms with Gasteiger partial charge < -0.3 is 5.11 Å². The summed E-state index contributed by atoms with van der Waals surface area (Å²) in [6.45, 7) is 12.2.